The highest BCUT2D eigenvalue weighted by atomic mass is 16.3. The van der Waals surface area contributed by atoms with Gasteiger partial charge < -0.3 is 10.4 Å². The number of aromatic nitrogens is 1. The lowest BCUT2D eigenvalue weighted by molar-refractivity contribution is 0.468. The molecular formula is C16H20N2O. The van der Waals surface area contributed by atoms with Crippen molar-refractivity contribution < 1.29 is 5.11 Å². The van der Waals surface area contributed by atoms with Crippen molar-refractivity contribution in [1.29, 1.82) is 0 Å². The van der Waals surface area contributed by atoms with Crippen molar-refractivity contribution in [3.63, 3.8) is 0 Å². The molecule has 0 bridgehead atoms. The number of hydrogen-bond acceptors (Lipinski definition) is 3. The first-order valence-electron chi connectivity index (χ1n) is 6.72. The van der Waals surface area contributed by atoms with Crippen LogP contribution in [0.15, 0.2) is 48.7 Å². The maximum Gasteiger partial charge on any atom is 0.133 e. The van der Waals surface area contributed by atoms with Crippen LogP contribution in [-0.2, 0) is 6.54 Å². The molecule has 3 nitrogen and oxygen atoms in total. The highest BCUT2D eigenvalue weighted by molar-refractivity contribution is 5.20. The molecule has 3 heteroatoms. The zero-order valence-electron chi connectivity index (χ0n) is 11.2. The first-order valence-corrected chi connectivity index (χ1v) is 6.72. The Kier molecular flexibility index (Phi) is 4.93. The normalized spacial score (nSPS) is 12.3. The lowest BCUT2D eigenvalue weighted by Gasteiger charge is -2.18. The van der Waals surface area contributed by atoms with Gasteiger partial charge in [0.25, 0.3) is 0 Å². The molecule has 1 aromatic carbocycles. The summed E-state index contributed by atoms with van der Waals surface area (Å²) in [7, 11) is 0. The monoisotopic (exact) mass is 256 g/mol. The van der Waals surface area contributed by atoms with Gasteiger partial charge >= 0.3 is 0 Å². The second-order valence-electron chi connectivity index (χ2n) is 4.64. The summed E-state index contributed by atoms with van der Waals surface area (Å²) in [6.07, 6.45) is 3.71. The molecule has 2 rings (SSSR count). The van der Waals surface area contributed by atoms with Crippen molar-refractivity contribution >= 4 is 0 Å². The molecule has 0 aliphatic heterocycles. The topological polar surface area (TPSA) is 45.1 Å². The predicted octanol–water partition coefficient (Wildman–Crippen LogP) is 3.42. The minimum Gasteiger partial charge on any atom is -0.506 e. The Labute approximate surface area is 114 Å². The average Bonchev–Trinajstić information content (AvgIpc) is 2.46. The van der Waals surface area contributed by atoms with Gasteiger partial charge in [0.05, 0.1) is 11.9 Å². The van der Waals surface area contributed by atoms with Gasteiger partial charge in [-0.05, 0) is 24.1 Å². The van der Waals surface area contributed by atoms with E-state index in [-0.39, 0.29) is 5.75 Å². The van der Waals surface area contributed by atoms with E-state index in [0.29, 0.717) is 12.6 Å². The zero-order chi connectivity index (χ0) is 13.5. The molecule has 0 fully saturated rings. The molecule has 0 amide bonds. The number of rotatable bonds is 6. The molecule has 1 heterocycles. The molecule has 1 aromatic heterocycles. The van der Waals surface area contributed by atoms with Gasteiger partial charge in [0.2, 0.25) is 0 Å². The van der Waals surface area contributed by atoms with Gasteiger partial charge in [-0.3, -0.25) is 4.98 Å². The summed E-state index contributed by atoms with van der Waals surface area (Å²) < 4.78 is 0. The summed E-state index contributed by atoms with van der Waals surface area (Å²) in [5.74, 6) is 0.205. The van der Waals surface area contributed by atoms with Crippen molar-refractivity contribution in [2.45, 2.75) is 32.4 Å². The number of aromatic hydroxyl groups is 1. The Morgan fingerprint density at radius 3 is 2.58 bits per heavy atom. The Balaban J connectivity index is 1.99. The fourth-order valence-corrected chi connectivity index (χ4v) is 2.11. The number of nitrogens with zero attached hydrogens (tertiary/aromatic N) is 1. The summed E-state index contributed by atoms with van der Waals surface area (Å²) in [6, 6.07) is 14.3. The molecule has 0 radical (unpaired) electrons. The van der Waals surface area contributed by atoms with E-state index in [9.17, 15) is 5.11 Å². The Bertz CT molecular complexity index is 482. The van der Waals surface area contributed by atoms with E-state index >= 15 is 0 Å². The van der Waals surface area contributed by atoms with Gasteiger partial charge in [-0.15, -0.1) is 0 Å². The third-order valence-corrected chi connectivity index (χ3v) is 3.12. The Hall–Kier alpha value is -1.87. The highest BCUT2D eigenvalue weighted by Gasteiger charge is 2.09. The van der Waals surface area contributed by atoms with E-state index in [1.54, 1.807) is 6.07 Å². The molecule has 1 unspecified atom stereocenters. The fraction of sp³-hybridized carbons (Fsp3) is 0.312. The minimum atomic E-state index is 0.205. The van der Waals surface area contributed by atoms with Crippen molar-refractivity contribution in [3.05, 3.63) is 59.9 Å². The molecule has 0 spiro atoms. The van der Waals surface area contributed by atoms with Crippen molar-refractivity contribution in [1.82, 2.24) is 10.3 Å². The number of nitrogens with one attached hydrogen (secondary N) is 1. The van der Waals surface area contributed by atoms with E-state index in [1.807, 2.05) is 12.1 Å². The maximum atomic E-state index is 9.21. The molecule has 0 saturated carbocycles. The SMILES string of the molecule is CCCC(NCc1ccc(O)cn1)c1ccccc1. The van der Waals surface area contributed by atoms with Crippen LogP contribution in [0.5, 0.6) is 5.75 Å². The van der Waals surface area contributed by atoms with Gasteiger partial charge in [-0.1, -0.05) is 43.7 Å². The van der Waals surface area contributed by atoms with Gasteiger partial charge in [-0.2, -0.15) is 0 Å². The number of benzene rings is 1. The molecule has 1 atom stereocenters. The molecule has 19 heavy (non-hydrogen) atoms. The van der Waals surface area contributed by atoms with Crippen molar-refractivity contribution in [2.24, 2.45) is 0 Å². The molecule has 2 N–H and O–H groups in total. The summed E-state index contributed by atoms with van der Waals surface area (Å²) >= 11 is 0. The number of hydrogen-bond donors (Lipinski definition) is 2. The average molecular weight is 256 g/mol. The van der Waals surface area contributed by atoms with E-state index < -0.39 is 0 Å². The van der Waals surface area contributed by atoms with Crippen LogP contribution in [0.4, 0.5) is 0 Å². The van der Waals surface area contributed by atoms with E-state index in [2.05, 4.69) is 41.5 Å². The van der Waals surface area contributed by atoms with Gasteiger partial charge in [0.15, 0.2) is 0 Å². The lowest BCUT2D eigenvalue weighted by atomic mass is 10.0. The van der Waals surface area contributed by atoms with Crippen molar-refractivity contribution in [3.8, 4) is 5.75 Å². The summed E-state index contributed by atoms with van der Waals surface area (Å²) in [6.45, 7) is 2.90. The largest absolute Gasteiger partial charge is 0.506 e. The summed E-state index contributed by atoms with van der Waals surface area (Å²) in [5, 5.41) is 12.7. The Morgan fingerprint density at radius 1 is 1.16 bits per heavy atom. The lowest BCUT2D eigenvalue weighted by Crippen LogP contribution is -2.21. The predicted molar refractivity (Wildman–Crippen MR) is 76.8 cm³/mol. The maximum absolute atomic E-state index is 9.21. The van der Waals surface area contributed by atoms with Crippen LogP contribution in [0.3, 0.4) is 0 Å². The van der Waals surface area contributed by atoms with E-state index in [0.717, 1.165) is 18.5 Å². The molecular weight excluding hydrogens is 236 g/mol. The minimum absolute atomic E-state index is 0.205. The summed E-state index contributed by atoms with van der Waals surface area (Å²) in [5.41, 5.74) is 2.25. The number of pyridine rings is 1. The second-order valence-corrected chi connectivity index (χ2v) is 4.64. The first kappa shape index (κ1) is 13.6. The van der Waals surface area contributed by atoms with E-state index in [1.165, 1.54) is 11.8 Å². The van der Waals surface area contributed by atoms with Crippen LogP contribution in [0.2, 0.25) is 0 Å². The highest BCUT2D eigenvalue weighted by Crippen LogP contribution is 2.18. The van der Waals surface area contributed by atoms with Crippen LogP contribution in [0.25, 0.3) is 0 Å². The standard InChI is InChI=1S/C16H20N2O/c1-2-6-16(13-7-4-3-5-8-13)18-11-14-9-10-15(19)12-17-14/h3-5,7-10,12,16,18-19H,2,6,11H2,1H3. The molecule has 0 saturated heterocycles. The van der Waals surface area contributed by atoms with E-state index in [4.69, 9.17) is 0 Å². The molecule has 100 valence electrons. The smallest absolute Gasteiger partial charge is 0.133 e. The molecule has 0 aliphatic carbocycles. The van der Waals surface area contributed by atoms with Crippen LogP contribution in [0.1, 0.15) is 37.1 Å². The van der Waals surface area contributed by atoms with Crippen molar-refractivity contribution in [2.75, 3.05) is 0 Å². The third-order valence-electron chi connectivity index (χ3n) is 3.12. The molecule has 2 aromatic rings. The first-order chi connectivity index (χ1) is 9.29. The second kappa shape index (κ2) is 6.90. The fourth-order valence-electron chi connectivity index (χ4n) is 2.11. The molecule has 0 aliphatic rings. The van der Waals surface area contributed by atoms with Gasteiger partial charge in [0.1, 0.15) is 5.75 Å². The van der Waals surface area contributed by atoms with Crippen LogP contribution in [-0.4, -0.2) is 10.1 Å². The zero-order valence-corrected chi connectivity index (χ0v) is 11.2. The van der Waals surface area contributed by atoms with Gasteiger partial charge in [0, 0.05) is 12.6 Å². The van der Waals surface area contributed by atoms with Gasteiger partial charge in [-0.25, -0.2) is 0 Å². The quantitative estimate of drug-likeness (QED) is 0.832. The third kappa shape index (κ3) is 4.07. The Morgan fingerprint density at radius 2 is 1.95 bits per heavy atom. The van der Waals surface area contributed by atoms with Crippen LogP contribution >= 0.6 is 0 Å². The van der Waals surface area contributed by atoms with Crippen LogP contribution < -0.4 is 5.32 Å². The van der Waals surface area contributed by atoms with Crippen LogP contribution in [0, 0.1) is 0 Å². The summed E-state index contributed by atoms with van der Waals surface area (Å²) in [4.78, 5) is 4.19.